The Morgan fingerprint density at radius 1 is 0.930 bits per heavy atom. The molecule has 1 atom stereocenters. The average molecular weight is 809 g/mol. The minimum Gasteiger partial charge on any atom is -0.503 e. The number of imidazole rings is 1. The normalized spacial score (nSPS) is 20.5. The topological polar surface area (TPSA) is 147 Å². The van der Waals surface area contributed by atoms with Crippen LogP contribution in [0.2, 0.25) is 0 Å². The maximum atomic E-state index is 14.1. The maximum Gasteiger partial charge on any atom is 0.329 e. The zero-order valence-electron chi connectivity index (χ0n) is 31.3. The molecule has 13 nitrogen and oxygen atoms in total. The summed E-state index contributed by atoms with van der Waals surface area (Å²) >= 11 is 0. The number of anilines is 1. The van der Waals surface area contributed by atoms with Gasteiger partial charge in [0.15, 0.2) is 17.4 Å². The summed E-state index contributed by atoms with van der Waals surface area (Å²) in [6.07, 6.45) is 6.65. The van der Waals surface area contributed by atoms with Crippen LogP contribution in [0, 0.1) is 23.4 Å². The third kappa shape index (κ3) is 7.84. The van der Waals surface area contributed by atoms with Crippen LogP contribution in [-0.4, -0.2) is 85.9 Å². The molecular formula is C40H44ClF3N8O5. The van der Waals surface area contributed by atoms with Gasteiger partial charge in [0.2, 0.25) is 17.6 Å². The molecule has 2 aromatic heterocycles. The Kier molecular flexibility index (Phi) is 11.4. The third-order valence-electron chi connectivity index (χ3n) is 11.8. The highest BCUT2D eigenvalue weighted by Gasteiger charge is 2.32. The lowest BCUT2D eigenvalue weighted by atomic mass is 9.86. The van der Waals surface area contributed by atoms with Crippen molar-refractivity contribution in [1.82, 2.24) is 34.4 Å². The van der Waals surface area contributed by atoms with Crippen LogP contribution in [0.3, 0.4) is 0 Å². The first kappa shape index (κ1) is 39.9. The van der Waals surface area contributed by atoms with Gasteiger partial charge in [0, 0.05) is 70.0 Å². The van der Waals surface area contributed by atoms with Gasteiger partial charge in [-0.05, 0) is 86.4 Å². The summed E-state index contributed by atoms with van der Waals surface area (Å²) in [5.41, 5.74) is 3.55. The summed E-state index contributed by atoms with van der Waals surface area (Å²) in [4.78, 5) is 54.6. The molecule has 0 radical (unpaired) electrons. The zero-order valence-corrected chi connectivity index (χ0v) is 32.2. The molecule has 17 heteroatoms. The minimum absolute atomic E-state index is 0. The Morgan fingerprint density at radius 3 is 2.42 bits per heavy atom. The molecule has 302 valence electrons. The van der Waals surface area contributed by atoms with Gasteiger partial charge >= 0.3 is 5.69 Å². The van der Waals surface area contributed by atoms with Crippen LogP contribution < -0.4 is 21.2 Å². The second-order valence-corrected chi connectivity index (χ2v) is 15.2. The highest BCUT2D eigenvalue weighted by Crippen LogP contribution is 2.34. The van der Waals surface area contributed by atoms with Crippen molar-refractivity contribution in [3.63, 3.8) is 0 Å². The predicted octanol–water partition coefficient (Wildman–Crippen LogP) is 4.74. The number of piperazine rings is 1. The quantitative estimate of drug-likeness (QED) is 0.143. The molecule has 3 amide bonds. The van der Waals surface area contributed by atoms with Crippen molar-refractivity contribution >= 4 is 57.8 Å². The Hall–Kier alpha value is -5.35. The van der Waals surface area contributed by atoms with Crippen molar-refractivity contribution in [3.05, 3.63) is 87.7 Å². The van der Waals surface area contributed by atoms with Gasteiger partial charge < -0.3 is 15.3 Å². The first-order chi connectivity index (χ1) is 26.9. The number of nitrogens with zero attached hydrogens (tertiary/aromatic N) is 6. The number of phenolic OH excluding ortho intramolecular Hbond substituents is 1. The maximum absolute atomic E-state index is 14.1. The van der Waals surface area contributed by atoms with Gasteiger partial charge in [-0.25, -0.2) is 13.6 Å². The number of phenols is 1. The first-order valence-corrected chi connectivity index (χ1v) is 19.1. The molecule has 3 N–H and O–H groups in total. The van der Waals surface area contributed by atoms with Gasteiger partial charge in [-0.3, -0.25) is 38.4 Å². The van der Waals surface area contributed by atoms with Crippen molar-refractivity contribution in [2.45, 2.75) is 57.0 Å². The number of nitrogens with one attached hydrogen (secondary N) is 2. The van der Waals surface area contributed by atoms with E-state index in [2.05, 4.69) is 44.8 Å². The molecule has 3 aliphatic rings. The van der Waals surface area contributed by atoms with E-state index < -0.39 is 46.6 Å². The van der Waals surface area contributed by atoms with E-state index in [0.717, 1.165) is 92.5 Å². The summed E-state index contributed by atoms with van der Waals surface area (Å²) in [5.74, 6) is -7.76. The van der Waals surface area contributed by atoms with Crippen LogP contribution in [0.5, 0.6) is 5.75 Å². The van der Waals surface area contributed by atoms with Crippen LogP contribution >= 0.6 is 12.4 Å². The van der Waals surface area contributed by atoms with E-state index in [1.54, 1.807) is 11.6 Å². The summed E-state index contributed by atoms with van der Waals surface area (Å²) in [5, 5.41) is 20.2. The molecule has 1 saturated carbocycles. The van der Waals surface area contributed by atoms with E-state index in [-0.39, 0.29) is 48.9 Å². The van der Waals surface area contributed by atoms with Crippen LogP contribution in [-0.2, 0) is 23.1 Å². The zero-order chi connectivity index (χ0) is 39.2. The van der Waals surface area contributed by atoms with Gasteiger partial charge in [0.05, 0.1) is 28.2 Å². The van der Waals surface area contributed by atoms with Crippen molar-refractivity contribution in [1.29, 1.82) is 0 Å². The number of aromatic nitrogens is 4. The molecule has 4 heterocycles. The van der Waals surface area contributed by atoms with Gasteiger partial charge in [0.1, 0.15) is 6.04 Å². The fourth-order valence-electron chi connectivity index (χ4n) is 8.41. The number of hydrogen-bond donors (Lipinski definition) is 3. The number of carbonyl (C=O) groups is 3. The van der Waals surface area contributed by atoms with Crippen molar-refractivity contribution in [2.75, 3.05) is 44.2 Å². The number of benzene rings is 3. The van der Waals surface area contributed by atoms with Crippen LogP contribution in [0.15, 0.2) is 53.5 Å². The molecular weight excluding hydrogens is 765 g/mol. The molecule has 0 bridgehead atoms. The lowest BCUT2D eigenvalue weighted by Gasteiger charge is -2.36. The number of rotatable bonds is 9. The lowest BCUT2D eigenvalue weighted by molar-refractivity contribution is -0.135. The number of aryl methyl sites for hydroxylation is 1. The number of aromatic hydroxyl groups is 1. The fourth-order valence-corrected chi connectivity index (χ4v) is 8.41. The van der Waals surface area contributed by atoms with Gasteiger partial charge in [0.25, 0.3) is 5.91 Å². The van der Waals surface area contributed by atoms with Crippen molar-refractivity contribution < 1.29 is 32.7 Å². The molecule has 57 heavy (non-hydrogen) atoms. The summed E-state index contributed by atoms with van der Waals surface area (Å²) in [7, 11) is 1.71. The predicted molar refractivity (Wildman–Crippen MR) is 209 cm³/mol. The van der Waals surface area contributed by atoms with Crippen molar-refractivity contribution in [2.24, 2.45) is 13.0 Å². The lowest BCUT2D eigenvalue weighted by Crippen LogP contribution is -2.47. The van der Waals surface area contributed by atoms with Gasteiger partial charge in [-0.15, -0.1) is 12.4 Å². The standard InChI is InChI=1S/C40H43F3N8O5.ClH/c1-47-33-18-23(4-9-31(33)51(40(47)56)32-10-11-34(52)45-39(32)55)12-13-48-14-16-49(17-15-48)27-8-5-25-22-50(46-30(25)19-27)26-6-2-24(3-7-26)21-44-38(54)28-20-29(41)37(53)36(43)35(28)42;/h4-5,8-9,18-20,22,24,26,32,53H,2-3,6-7,10-17,21H2,1H3,(H,44,54)(H,45,52,55);1H/t24?,26?,32-;/m1./s1. The summed E-state index contributed by atoms with van der Waals surface area (Å²) in [6.45, 7) is 4.67. The van der Waals surface area contributed by atoms with Crippen LogP contribution in [0.4, 0.5) is 18.9 Å². The second kappa shape index (κ2) is 16.3. The van der Waals surface area contributed by atoms with E-state index in [1.165, 1.54) is 4.57 Å². The molecule has 3 aromatic carbocycles. The first-order valence-electron chi connectivity index (χ1n) is 19.1. The second-order valence-electron chi connectivity index (χ2n) is 15.2. The van der Waals surface area contributed by atoms with E-state index in [9.17, 15) is 37.5 Å². The number of fused-ring (bicyclic) bond motifs is 2. The molecule has 5 aromatic rings. The SMILES string of the molecule is Cl.Cn1c(=O)n([C@@H]2CCC(=O)NC2=O)c2ccc(CCN3CCN(c4ccc5cn(C6CCC(CNC(=O)c7cc(F)c(O)c(F)c7F)CC6)nc5c4)CC3)cc21. The highest BCUT2D eigenvalue weighted by atomic mass is 35.5. The Labute approximate surface area is 331 Å². The molecule has 0 unspecified atom stereocenters. The largest absolute Gasteiger partial charge is 0.503 e. The van der Waals surface area contributed by atoms with Gasteiger partial charge in [-0.2, -0.15) is 9.49 Å². The summed E-state index contributed by atoms with van der Waals surface area (Å²) in [6, 6.07) is 12.3. The molecule has 3 fully saturated rings. The molecule has 0 spiro atoms. The number of imide groups is 1. The molecule has 2 aliphatic heterocycles. The number of amides is 3. The highest BCUT2D eigenvalue weighted by molar-refractivity contribution is 6.00. The Bertz CT molecular complexity index is 2420. The molecule has 1 aliphatic carbocycles. The third-order valence-corrected chi connectivity index (χ3v) is 11.8. The van der Waals surface area contributed by atoms with Crippen LogP contribution in [0.1, 0.15) is 66.5 Å². The molecule has 8 rings (SSSR count). The number of piperidine rings is 1. The fraction of sp³-hybridized carbons (Fsp3) is 0.425. The van der Waals surface area contributed by atoms with E-state index >= 15 is 0 Å². The minimum atomic E-state index is -1.78. The summed E-state index contributed by atoms with van der Waals surface area (Å²) < 4.78 is 46.6. The Balaban J connectivity index is 0.00000496. The smallest absolute Gasteiger partial charge is 0.329 e. The van der Waals surface area contributed by atoms with E-state index in [4.69, 9.17) is 5.10 Å². The van der Waals surface area contributed by atoms with E-state index in [0.29, 0.717) is 18.0 Å². The monoisotopic (exact) mass is 808 g/mol. The number of hydrogen-bond acceptors (Lipinski definition) is 8. The van der Waals surface area contributed by atoms with Crippen LogP contribution in [0.25, 0.3) is 21.9 Å². The Morgan fingerprint density at radius 2 is 1.68 bits per heavy atom. The average Bonchev–Trinajstić information content (AvgIpc) is 3.74. The van der Waals surface area contributed by atoms with Crippen molar-refractivity contribution in [3.8, 4) is 5.75 Å². The van der Waals surface area contributed by atoms with E-state index in [1.807, 2.05) is 22.9 Å². The number of carbonyl (C=O) groups excluding carboxylic acids is 3. The number of halogens is 4. The van der Waals surface area contributed by atoms with Gasteiger partial charge in [-0.1, -0.05) is 6.07 Å². The molecule has 2 saturated heterocycles.